The van der Waals surface area contributed by atoms with Crippen LogP contribution in [0.15, 0.2) is 11.6 Å². The number of rotatable bonds is 6. The maximum absolute atomic E-state index is 12.4. The molecule has 0 aromatic heterocycles. The molecule has 11 nitrogen and oxygen atoms in total. The number of nitrogens with one attached hydrogen (secondary N) is 2. The van der Waals surface area contributed by atoms with Gasteiger partial charge in [0, 0.05) is 6.04 Å². The van der Waals surface area contributed by atoms with Gasteiger partial charge in [0.1, 0.15) is 6.04 Å². The Bertz CT molecular complexity index is 688. The third kappa shape index (κ3) is 3.93. The Morgan fingerprint density at radius 2 is 2.28 bits per heavy atom. The van der Waals surface area contributed by atoms with Crippen molar-refractivity contribution in [3.05, 3.63) is 11.6 Å². The van der Waals surface area contributed by atoms with E-state index in [0.29, 0.717) is 17.2 Å². The SMILES string of the molecule is CC1=C[C@@H]2CN(C(=O)N2OS(=O)(=O)O)[C@@H]1C(=O)NOC[C@H]1CCCN1. The smallest absolute Gasteiger partial charge is 0.312 e. The van der Waals surface area contributed by atoms with E-state index in [1.54, 1.807) is 13.0 Å². The van der Waals surface area contributed by atoms with E-state index in [2.05, 4.69) is 15.1 Å². The number of hydrogen-bond donors (Lipinski definition) is 3. The first-order valence-electron chi connectivity index (χ1n) is 7.86. The summed E-state index contributed by atoms with van der Waals surface area (Å²) in [5, 5.41) is 3.76. The minimum absolute atomic E-state index is 0.0635. The second kappa shape index (κ2) is 6.88. The number of fused-ring (bicyclic) bond motifs is 2. The molecule has 3 N–H and O–H groups in total. The number of carbonyl (C=O) groups is 2. The van der Waals surface area contributed by atoms with Crippen LogP contribution in [0.1, 0.15) is 19.8 Å². The van der Waals surface area contributed by atoms with Crippen LogP contribution in [0.3, 0.4) is 0 Å². The zero-order valence-corrected chi connectivity index (χ0v) is 14.4. The summed E-state index contributed by atoms with van der Waals surface area (Å²) in [6.07, 6.45) is 3.57. The Kier molecular flexibility index (Phi) is 4.97. The van der Waals surface area contributed by atoms with Crippen molar-refractivity contribution < 1.29 is 31.7 Å². The standard InChI is InChI=1S/C13H20N4O7S/c1-8-5-10-6-16(13(19)17(10)24-25(20,21)22)11(8)12(18)15-23-7-9-3-2-4-14-9/h5,9-11,14H,2-4,6-7H2,1H3,(H,15,18)(H,20,21,22)/t9-,10-,11+/m1/s1. The van der Waals surface area contributed by atoms with E-state index in [1.165, 1.54) is 0 Å². The number of amides is 3. The van der Waals surface area contributed by atoms with Crippen molar-refractivity contribution in [3.8, 4) is 0 Å². The Morgan fingerprint density at radius 1 is 1.52 bits per heavy atom. The predicted octanol–water partition coefficient (Wildman–Crippen LogP) is -1.04. The van der Waals surface area contributed by atoms with Crippen molar-refractivity contribution in [2.24, 2.45) is 0 Å². The first kappa shape index (κ1) is 18.1. The van der Waals surface area contributed by atoms with E-state index in [1.807, 2.05) is 0 Å². The quantitative estimate of drug-likeness (QED) is 0.303. The molecule has 0 aromatic rings. The normalized spacial score (nSPS) is 29.1. The zero-order chi connectivity index (χ0) is 18.2. The molecule has 3 rings (SSSR count). The van der Waals surface area contributed by atoms with Gasteiger partial charge in [-0.25, -0.2) is 10.3 Å². The fraction of sp³-hybridized carbons (Fsp3) is 0.692. The van der Waals surface area contributed by atoms with Crippen LogP contribution in [0.5, 0.6) is 0 Å². The summed E-state index contributed by atoms with van der Waals surface area (Å²) < 4.78 is 34.9. The molecule has 2 fully saturated rings. The first-order chi connectivity index (χ1) is 11.8. The van der Waals surface area contributed by atoms with Crippen molar-refractivity contribution in [2.75, 3.05) is 19.7 Å². The van der Waals surface area contributed by atoms with E-state index in [-0.39, 0.29) is 12.6 Å². The molecule has 0 spiro atoms. The van der Waals surface area contributed by atoms with Crippen LogP contribution in [-0.4, -0.2) is 72.7 Å². The molecule has 25 heavy (non-hydrogen) atoms. The van der Waals surface area contributed by atoms with Crippen LogP contribution in [0.25, 0.3) is 0 Å². The Hall–Kier alpha value is -1.73. The van der Waals surface area contributed by atoms with Crippen LogP contribution in [-0.2, 0) is 24.3 Å². The van der Waals surface area contributed by atoms with Gasteiger partial charge in [-0.1, -0.05) is 6.08 Å². The summed E-state index contributed by atoms with van der Waals surface area (Å²) in [6.45, 7) is 2.94. The highest BCUT2D eigenvalue weighted by atomic mass is 32.3. The van der Waals surface area contributed by atoms with E-state index < -0.39 is 34.4 Å². The van der Waals surface area contributed by atoms with E-state index in [4.69, 9.17) is 9.39 Å². The maximum atomic E-state index is 12.4. The van der Waals surface area contributed by atoms with Crippen LogP contribution >= 0.6 is 0 Å². The van der Waals surface area contributed by atoms with Crippen molar-refractivity contribution in [1.82, 2.24) is 20.8 Å². The first-order valence-corrected chi connectivity index (χ1v) is 9.23. The third-order valence-electron chi connectivity index (χ3n) is 4.36. The Labute approximate surface area is 144 Å². The second-order valence-corrected chi connectivity index (χ2v) is 7.22. The number of nitrogens with zero attached hydrogens (tertiary/aromatic N) is 2. The molecule has 2 saturated heterocycles. The lowest BCUT2D eigenvalue weighted by atomic mass is 10.0. The molecule has 3 atom stereocenters. The van der Waals surface area contributed by atoms with Crippen LogP contribution in [0, 0.1) is 0 Å². The molecule has 0 saturated carbocycles. The summed E-state index contributed by atoms with van der Waals surface area (Å²) >= 11 is 0. The van der Waals surface area contributed by atoms with Crippen LogP contribution < -0.4 is 10.8 Å². The third-order valence-corrected chi connectivity index (χ3v) is 4.71. The minimum atomic E-state index is -4.84. The zero-order valence-electron chi connectivity index (χ0n) is 13.5. The fourth-order valence-corrected chi connectivity index (χ4v) is 3.68. The van der Waals surface area contributed by atoms with Crippen molar-refractivity contribution in [1.29, 1.82) is 0 Å². The topological polar surface area (TPSA) is 138 Å². The highest BCUT2D eigenvalue weighted by molar-refractivity contribution is 7.80. The van der Waals surface area contributed by atoms with Gasteiger partial charge in [-0.05, 0) is 31.9 Å². The van der Waals surface area contributed by atoms with E-state index in [9.17, 15) is 18.0 Å². The van der Waals surface area contributed by atoms with Crippen LogP contribution in [0.2, 0.25) is 0 Å². The second-order valence-electron chi connectivity index (χ2n) is 6.21. The largest absolute Gasteiger partial charge is 0.418 e. The summed E-state index contributed by atoms with van der Waals surface area (Å²) in [6, 6.07) is -2.29. The van der Waals surface area contributed by atoms with Gasteiger partial charge in [0.25, 0.3) is 5.91 Å². The summed E-state index contributed by atoms with van der Waals surface area (Å²) in [4.78, 5) is 31.1. The van der Waals surface area contributed by atoms with Crippen molar-refractivity contribution in [3.63, 3.8) is 0 Å². The molecule has 0 aromatic carbocycles. The average molecular weight is 376 g/mol. The predicted molar refractivity (Wildman–Crippen MR) is 83.0 cm³/mol. The molecular weight excluding hydrogens is 356 g/mol. The van der Waals surface area contributed by atoms with Gasteiger partial charge in [0.15, 0.2) is 0 Å². The van der Waals surface area contributed by atoms with Crippen molar-refractivity contribution >= 4 is 22.3 Å². The van der Waals surface area contributed by atoms with E-state index >= 15 is 0 Å². The molecule has 3 amide bonds. The molecule has 3 aliphatic heterocycles. The molecule has 140 valence electrons. The maximum Gasteiger partial charge on any atom is 0.418 e. The monoisotopic (exact) mass is 376 g/mol. The van der Waals surface area contributed by atoms with Crippen LogP contribution in [0.4, 0.5) is 4.79 Å². The number of hydroxylamine groups is 3. The number of urea groups is 1. The molecule has 0 aliphatic carbocycles. The molecule has 0 radical (unpaired) electrons. The molecular formula is C13H20N4O7S. The lowest BCUT2D eigenvalue weighted by Gasteiger charge is -2.28. The highest BCUT2D eigenvalue weighted by Crippen LogP contribution is 2.30. The van der Waals surface area contributed by atoms with Gasteiger partial charge in [-0.2, -0.15) is 13.5 Å². The molecule has 3 heterocycles. The van der Waals surface area contributed by atoms with Gasteiger partial charge in [-0.3, -0.25) is 14.2 Å². The van der Waals surface area contributed by atoms with Gasteiger partial charge >= 0.3 is 16.4 Å². The van der Waals surface area contributed by atoms with Gasteiger partial charge in [-0.15, -0.1) is 4.28 Å². The highest BCUT2D eigenvalue weighted by Gasteiger charge is 2.48. The van der Waals surface area contributed by atoms with Crippen molar-refractivity contribution in [2.45, 2.75) is 37.9 Å². The Balaban J connectivity index is 1.63. The number of hydrogen-bond acceptors (Lipinski definition) is 7. The fourth-order valence-electron chi connectivity index (χ4n) is 3.30. The Morgan fingerprint density at radius 3 is 2.92 bits per heavy atom. The lowest BCUT2D eigenvalue weighted by molar-refractivity contribution is -0.137. The lowest BCUT2D eigenvalue weighted by Crippen LogP contribution is -2.50. The molecule has 2 bridgehead atoms. The van der Waals surface area contributed by atoms with Gasteiger partial charge < -0.3 is 10.2 Å². The van der Waals surface area contributed by atoms with E-state index in [0.717, 1.165) is 24.3 Å². The minimum Gasteiger partial charge on any atom is -0.312 e. The molecule has 0 unspecified atom stereocenters. The molecule has 12 heteroatoms. The average Bonchev–Trinajstić information content (AvgIpc) is 3.10. The van der Waals surface area contributed by atoms with Gasteiger partial charge in [0.05, 0.1) is 19.2 Å². The molecule has 3 aliphatic rings. The summed E-state index contributed by atoms with van der Waals surface area (Å²) in [5.74, 6) is -0.535. The summed E-state index contributed by atoms with van der Waals surface area (Å²) in [5.41, 5.74) is 2.88. The number of carbonyl (C=O) groups excluding carboxylic acids is 2. The van der Waals surface area contributed by atoms with Gasteiger partial charge in [0.2, 0.25) is 0 Å². The summed E-state index contributed by atoms with van der Waals surface area (Å²) in [7, 11) is -4.84.